The first-order valence-electron chi connectivity index (χ1n) is 8.13. The second-order valence-electron chi connectivity index (χ2n) is 6.00. The van der Waals surface area contributed by atoms with Crippen molar-refractivity contribution < 1.29 is 17.6 Å². The Morgan fingerprint density at radius 3 is 2.20 bits per heavy atom. The van der Waals surface area contributed by atoms with E-state index >= 15 is 0 Å². The van der Waals surface area contributed by atoms with Crippen molar-refractivity contribution in [3.63, 3.8) is 0 Å². The molecule has 1 amide bonds. The largest absolute Gasteiger partial charge is 0.349 e. The first-order chi connectivity index (χ1) is 11.8. The molecular formula is C19H22FNO3S. The van der Waals surface area contributed by atoms with Gasteiger partial charge >= 0.3 is 0 Å². The molecular weight excluding hydrogens is 341 g/mol. The van der Waals surface area contributed by atoms with Crippen LogP contribution in [0.15, 0.2) is 53.4 Å². The van der Waals surface area contributed by atoms with E-state index in [1.54, 1.807) is 36.4 Å². The van der Waals surface area contributed by atoms with Crippen molar-refractivity contribution in [3.8, 4) is 0 Å². The predicted molar refractivity (Wildman–Crippen MR) is 95.4 cm³/mol. The molecule has 0 aliphatic heterocycles. The zero-order chi connectivity index (χ0) is 18.4. The standard InChI is InChI=1S/C19H22FNO3S/c1-3-18(15-7-11-17(12-8-15)25(2,23)24)21-19(22)13-6-14-4-9-16(20)10-5-14/h4-5,7-12,18H,3,6,13H2,1-2H3,(H,21,22)/t18-/m0/s1. The van der Waals surface area contributed by atoms with Gasteiger partial charge in [-0.25, -0.2) is 12.8 Å². The first-order valence-corrected chi connectivity index (χ1v) is 10.0. The van der Waals surface area contributed by atoms with Crippen LogP contribution in [0.25, 0.3) is 0 Å². The van der Waals surface area contributed by atoms with Gasteiger partial charge in [-0.1, -0.05) is 31.2 Å². The molecule has 134 valence electrons. The average molecular weight is 363 g/mol. The number of halogens is 1. The van der Waals surface area contributed by atoms with Crippen LogP contribution in [0.3, 0.4) is 0 Å². The third-order valence-corrected chi connectivity index (χ3v) is 5.14. The van der Waals surface area contributed by atoms with Gasteiger partial charge in [-0.05, 0) is 48.2 Å². The molecule has 0 saturated heterocycles. The van der Waals surface area contributed by atoms with E-state index in [2.05, 4.69) is 5.32 Å². The SMILES string of the molecule is CC[C@H](NC(=O)CCc1ccc(F)cc1)c1ccc(S(C)(=O)=O)cc1. The maximum atomic E-state index is 12.9. The molecule has 0 aliphatic rings. The zero-order valence-corrected chi connectivity index (χ0v) is 15.1. The minimum Gasteiger partial charge on any atom is -0.349 e. The maximum absolute atomic E-state index is 12.9. The Kier molecular flexibility index (Phi) is 6.31. The normalized spacial score (nSPS) is 12.6. The number of hydrogen-bond acceptors (Lipinski definition) is 3. The summed E-state index contributed by atoms with van der Waals surface area (Å²) in [6, 6.07) is 12.5. The molecule has 1 N–H and O–H groups in total. The summed E-state index contributed by atoms with van der Waals surface area (Å²) in [5.74, 6) is -0.389. The Morgan fingerprint density at radius 2 is 1.68 bits per heavy atom. The summed E-state index contributed by atoms with van der Waals surface area (Å²) in [6.45, 7) is 1.95. The van der Waals surface area contributed by atoms with E-state index in [-0.39, 0.29) is 22.7 Å². The molecule has 4 nitrogen and oxygen atoms in total. The number of aryl methyl sites for hydroxylation is 1. The fourth-order valence-electron chi connectivity index (χ4n) is 2.54. The number of sulfone groups is 1. The molecule has 0 heterocycles. The van der Waals surface area contributed by atoms with Gasteiger partial charge in [0.05, 0.1) is 10.9 Å². The fraction of sp³-hybridized carbons (Fsp3) is 0.316. The van der Waals surface area contributed by atoms with E-state index in [9.17, 15) is 17.6 Å². The number of amides is 1. The molecule has 25 heavy (non-hydrogen) atoms. The highest BCUT2D eigenvalue weighted by atomic mass is 32.2. The first kappa shape index (κ1) is 19.1. The van der Waals surface area contributed by atoms with Crippen LogP contribution >= 0.6 is 0 Å². The van der Waals surface area contributed by atoms with E-state index in [1.807, 2.05) is 6.92 Å². The van der Waals surface area contributed by atoms with E-state index in [0.717, 1.165) is 17.4 Å². The smallest absolute Gasteiger partial charge is 0.220 e. The van der Waals surface area contributed by atoms with E-state index in [0.29, 0.717) is 19.3 Å². The quantitative estimate of drug-likeness (QED) is 0.820. The maximum Gasteiger partial charge on any atom is 0.220 e. The number of hydrogen-bond donors (Lipinski definition) is 1. The van der Waals surface area contributed by atoms with Crippen LogP contribution in [0, 0.1) is 5.82 Å². The molecule has 2 aromatic carbocycles. The van der Waals surface area contributed by atoms with Crippen molar-refractivity contribution in [1.82, 2.24) is 5.32 Å². The molecule has 0 unspecified atom stereocenters. The molecule has 0 saturated carbocycles. The molecule has 0 aliphatic carbocycles. The van der Waals surface area contributed by atoms with Gasteiger partial charge in [0, 0.05) is 12.7 Å². The van der Waals surface area contributed by atoms with Crippen LogP contribution < -0.4 is 5.32 Å². The van der Waals surface area contributed by atoms with Gasteiger partial charge in [0.15, 0.2) is 9.84 Å². The van der Waals surface area contributed by atoms with Crippen molar-refractivity contribution in [2.24, 2.45) is 0 Å². The lowest BCUT2D eigenvalue weighted by molar-refractivity contribution is -0.121. The molecule has 6 heteroatoms. The lowest BCUT2D eigenvalue weighted by Gasteiger charge is -2.18. The minimum atomic E-state index is -3.23. The third-order valence-electron chi connectivity index (χ3n) is 4.01. The molecule has 0 fully saturated rings. The topological polar surface area (TPSA) is 63.2 Å². The second kappa shape index (κ2) is 8.25. The van der Waals surface area contributed by atoms with Gasteiger partial charge in [-0.15, -0.1) is 0 Å². The van der Waals surface area contributed by atoms with E-state index in [1.165, 1.54) is 12.1 Å². The lowest BCUT2D eigenvalue weighted by Crippen LogP contribution is -2.28. The molecule has 0 radical (unpaired) electrons. The van der Waals surface area contributed by atoms with E-state index < -0.39 is 9.84 Å². The van der Waals surface area contributed by atoms with Gasteiger partial charge in [-0.2, -0.15) is 0 Å². The average Bonchev–Trinajstić information content (AvgIpc) is 2.58. The van der Waals surface area contributed by atoms with Crippen molar-refractivity contribution in [2.45, 2.75) is 37.1 Å². The number of carbonyl (C=O) groups is 1. The highest BCUT2D eigenvalue weighted by Crippen LogP contribution is 2.19. The lowest BCUT2D eigenvalue weighted by atomic mass is 10.0. The summed E-state index contributed by atoms with van der Waals surface area (Å²) < 4.78 is 35.9. The molecule has 1 atom stereocenters. The number of rotatable bonds is 7. The predicted octanol–water partition coefficient (Wildman–Crippen LogP) is 3.43. The van der Waals surface area contributed by atoms with Crippen LogP contribution in [0.5, 0.6) is 0 Å². The summed E-state index contributed by atoms with van der Waals surface area (Å²) in [4.78, 5) is 12.4. The van der Waals surface area contributed by atoms with Crippen LogP contribution in [-0.2, 0) is 21.1 Å². The second-order valence-corrected chi connectivity index (χ2v) is 8.01. The molecule has 0 bridgehead atoms. The number of benzene rings is 2. The minimum absolute atomic E-state index is 0.0941. The van der Waals surface area contributed by atoms with Gasteiger partial charge in [0.2, 0.25) is 5.91 Å². The van der Waals surface area contributed by atoms with Crippen molar-refractivity contribution in [3.05, 3.63) is 65.5 Å². The molecule has 0 spiro atoms. The van der Waals surface area contributed by atoms with Crippen LogP contribution in [0.4, 0.5) is 4.39 Å². The van der Waals surface area contributed by atoms with Crippen LogP contribution in [0.2, 0.25) is 0 Å². The Balaban J connectivity index is 1.96. The highest BCUT2D eigenvalue weighted by Gasteiger charge is 2.14. The number of nitrogens with one attached hydrogen (secondary N) is 1. The summed E-state index contributed by atoms with van der Waals surface area (Å²) in [7, 11) is -3.23. The Hall–Kier alpha value is -2.21. The van der Waals surface area contributed by atoms with Crippen molar-refractivity contribution in [2.75, 3.05) is 6.26 Å². The summed E-state index contributed by atoms with van der Waals surface area (Å²) >= 11 is 0. The van der Waals surface area contributed by atoms with E-state index in [4.69, 9.17) is 0 Å². The monoisotopic (exact) mass is 363 g/mol. The summed E-state index contributed by atoms with van der Waals surface area (Å²) in [5.41, 5.74) is 1.77. The van der Waals surface area contributed by atoms with Crippen LogP contribution in [0.1, 0.15) is 36.9 Å². The Morgan fingerprint density at radius 1 is 1.08 bits per heavy atom. The van der Waals surface area contributed by atoms with Gasteiger partial charge < -0.3 is 5.32 Å². The molecule has 2 aromatic rings. The number of carbonyl (C=O) groups excluding carboxylic acids is 1. The Bertz CT molecular complexity index is 815. The van der Waals surface area contributed by atoms with Crippen LogP contribution in [-0.4, -0.2) is 20.6 Å². The van der Waals surface area contributed by atoms with Crippen molar-refractivity contribution >= 4 is 15.7 Å². The summed E-state index contributed by atoms with van der Waals surface area (Å²) in [6.07, 6.45) is 2.70. The third kappa shape index (κ3) is 5.67. The highest BCUT2D eigenvalue weighted by molar-refractivity contribution is 7.90. The van der Waals surface area contributed by atoms with Gasteiger partial charge in [-0.3, -0.25) is 4.79 Å². The molecule has 0 aromatic heterocycles. The zero-order valence-electron chi connectivity index (χ0n) is 14.3. The van der Waals surface area contributed by atoms with Gasteiger partial charge in [0.25, 0.3) is 0 Å². The Labute approximate surface area is 148 Å². The summed E-state index contributed by atoms with van der Waals surface area (Å²) in [5, 5.41) is 2.96. The molecule has 2 rings (SSSR count). The van der Waals surface area contributed by atoms with Crippen molar-refractivity contribution in [1.29, 1.82) is 0 Å². The fourth-order valence-corrected chi connectivity index (χ4v) is 3.17. The van der Waals surface area contributed by atoms with Gasteiger partial charge in [0.1, 0.15) is 5.82 Å².